The molecule has 0 unspecified atom stereocenters. The molecular formula is C28H34N4O8S4. The molecule has 2 fully saturated rings. The number of carbonyl (C=O) groups excluding carboxylic acids is 4. The summed E-state index contributed by atoms with van der Waals surface area (Å²) in [6.07, 6.45) is 0.0336. The van der Waals surface area contributed by atoms with Crippen LogP contribution in [-0.4, -0.2) is 110 Å². The van der Waals surface area contributed by atoms with Crippen LogP contribution in [0.4, 0.5) is 0 Å². The van der Waals surface area contributed by atoms with Crippen LogP contribution in [0.5, 0.6) is 11.5 Å². The Kier molecular flexibility index (Phi) is 9.78. The minimum atomic E-state index is -0.393. The van der Waals surface area contributed by atoms with Gasteiger partial charge in [0.05, 0.1) is 53.5 Å². The third kappa shape index (κ3) is 5.91. The minimum absolute atomic E-state index is 0.0168. The smallest absolute Gasteiger partial charge is 0.279 e. The first kappa shape index (κ1) is 32.9. The zero-order valence-electron chi connectivity index (χ0n) is 25.7. The molecule has 1 aromatic carbocycles. The van der Waals surface area contributed by atoms with Crippen LogP contribution in [0.1, 0.15) is 27.7 Å². The van der Waals surface area contributed by atoms with E-state index in [9.17, 15) is 19.2 Å². The van der Waals surface area contributed by atoms with Crippen LogP contribution in [0, 0.1) is 0 Å². The summed E-state index contributed by atoms with van der Waals surface area (Å²) >= 11 is 5.11. The average molecular weight is 683 g/mol. The van der Waals surface area contributed by atoms with Crippen molar-refractivity contribution in [3.63, 3.8) is 0 Å². The lowest BCUT2D eigenvalue weighted by Gasteiger charge is -2.18. The number of likely N-dealkylation sites (N-methyl/N-ethyl adjacent to an activating group) is 4. The summed E-state index contributed by atoms with van der Waals surface area (Å²) in [5, 5.41) is 5.13. The van der Waals surface area contributed by atoms with Gasteiger partial charge in [-0.05, 0) is 27.7 Å². The maximum Gasteiger partial charge on any atom is 0.279 e. The maximum atomic E-state index is 13.1. The van der Waals surface area contributed by atoms with Gasteiger partial charge in [0.15, 0.2) is 0 Å². The molecule has 5 rings (SSSR count). The minimum Gasteiger partial charge on any atom is -0.489 e. The fraction of sp³-hybridized carbons (Fsp3) is 0.500. The van der Waals surface area contributed by atoms with Gasteiger partial charge in [-0.3, -0.25) is 39.2 Å². The van der Waals surface area contributed by atoms with Crippen LogP contribution in [0.25, 0.3) is 0 Å². The Labute approximate surface area is 273 Å². The van der Waals surface area contributed by atoms with Crippen molar-refractivity contribution in [1.29, 1.82) is 0 Å². The lowest BCUT2D eigenvalue weighted by molar-refractivity contribution is -0.141. The molecule has 12 nitrogen and oxygen atoms in total. The van der Waals surface area contributed by atoms with Gasteiger partial charge in [-0.25, -0.2) is 0 Å². The van der Waals surface area contributed by atoms with Crippen molar-refractivity contribution in [1.82, 2.24) is 20.0 Å². The first-order chi connectivity index (χ1) is 20.8. The predicted molar refractivity (Wildman–Crippen MR) is 168 cm³/mol. The van der Waals surface area contributed by atoms with Crippen LogP contribution in [-0.2, 0) is 28.7 Å². The van der Waals surface area contributed by atoms with Gasteiger partial charge in [0, 0.05) is 28.2 Å². The van der Waals surface area contributed by atoms with E-state index in [1.807, 2.05) is 27.7 Å². The molecule has 238 valence electrons. The number of rotatable bonds is 10. The Hall–Kier alpha value is -2.50. The number of fused-ring (bicyclic) bond motifs is 2. The molecule has 0 N–H and O–H groups in total. The van der Waals surface area contributed by atoms with E-state index in [1.165, 1.54) is 67.1 Å². The number of benzene rings is 1. The van der Waals surface area contributed by atoms with E-state index in [4.69, 9.17) is 18.9 Å². The molecule has 16 heteroatoms. The fourth-order valence-corrected chi connectivity index (χ4v) is 10.0. The number of carbonyl (C=O) groups is 4. The molecule has 4 amide bonds. The van der Waals surface area contributed by atoms with Crippen molar-refractivity contribution in [2.75, 3.05) is 54.6 Å². The van der Waals surface area contributed by atoms with Crippen molar-refractivity contribution < 1.29 is 38.1 Å². The average Bonchev–Trinajstić information content (AvgIpc) is 3.68. The molecule has 4 heterocycles. The van der Waals surface area contributed by atoms with Crippen molar-refractivity contribution in [3.05, 3.63) is 19.6 Å². The van der Waals surface area contributed by atoms with Crippen molar-refractivity contribution >= 4 is 70.7 Å². The van der Waals surface area contributed by atoms with E-state index in [0.717, 1.165) is 0 Å². The lowest BCUT2D eigenvalue weighted by atomic mass is 10.3. The summed E-state index contributed by atoms with van der Waals surface area (Å²) in [6, 6.07) is 0. The molecule has 1 aromatic rings. The summed E-state index contributed by atoms with van der Waals surface area (Å²) in [5.41, 5.74) is 0.168. The zero-order chi connectivity index (χ0) is 32.0. The molecule has 44 heavy (non-hydrogen) atoms. The topological polar surface area (TPSA) is 118 Å². The van der Waals surface area contributed by atoms with Gasteiger partial charge < -0.3 is 18.9 Å². The SMILES string of the molecule is CC(C)OCCOc1c2c(c(OCCOC(C)C)c3c1SC(=C1C(=O)N(C)N(C)C1=O)S3)SC(=C1C(=O)N(C)N(C)C1=O)S2. The number of hydrogen-bond acceptors (Lipinski definition) is 12. The summed E-state index contributed by atoms with van der Waals surface area (Å²) < 4.78 is 25.2. The highest BCUT2D eigenvalue weighted by atomic mass is 32.2. The van der Waals surface area contributed by atoms with Crippen LogP contribution in [0.3, 0.4) is 0 Å². The third-order valence-electron chi connectivity index (χ3n) is 6.92. The van der Waals surface area contributed by atoms with Gasteiger partial charge in [0.2, 0.25) is 0 Å². The fourth-order valence-electron chi connectivity index (χ4n) is 4.45. The number of hydrogen-bond donors (Lipinski definition) is 0. The van der Waals surface area contributed by atoms with Gasteiger partial charge >= 0.3 is 0 Å². The van der Waals surface area contributed by atoms with E-state index < -0.39 is 23.6 Å². The van der Waals surface area contributed by atoms with Crippen LogP contribution in [0.15, 0.2) is 39.2 Å². The van der Waals surface area contributed by atoms with Crippen LogP contribution >= 0.6 is 47.0 Å². The molecule has 2 saturated heterocycles. The lowest BCUT2D eigenvalue weighted by Crippen LogP contribution is -2.33. The Balaban J connectivity index is 1.62. The summed E-state index contributed by atoms with van der Waals surface area (Å²) in [6.45, 7) is 8.90. The number of amides is 4. The van der Waals surface area contributed by atoms with E-state index >= 15 is 0 Å². The largest absolute Gasteiger partial charge is 0.489 e. The number of nitrogens with zero attached hydrogens (tertiary/aromatic N) is 4. The second-order valence-electron chi connectivity index (χ2n) is 10.6. The van der Waals surface area contributed by atoms with Crippen LogP contribution in [0.2, 0.25) is 0 Å². The van der Waals surface area contributed by atoms with Gasteiger partial charge in [-0.1, -0.05) is 47.0 Å². The highest BCUT2D eigenvalue weighted by molar-refractivity contribution is 8.26. The quantitative estimate of drug-likeness (QED) is 0.203. The monoisotopic (exact) mass is 682 g/mol. The highest BCUT2D eigenvalue weighted by Gasteiger charge is 2.46. The van der Waals surface area contributed by atoms with Crippen molar-refractivity contribution in [2.24, 2.45) is 0 Å². The molecule has 4 aliphatic heterocycles. The predicted octanol–water partition coefficient (Wildman–Crippen LogP) is 3.80. The molecule has 0 bridgehead atoms. The zero-order valence-corrected chi connectivity index (χ0v) is 28.9. The second-order valence-corrected chi connectivity index (χ2v) is 15.2. The Morgan fingerprint density at radius 1 is 0.500 bits per heavy atom. The van der Waals surface area contributed by atoms with Gasteiger partial charge in [0.25, 0.3) is 23.6 Å². The Bertz CT molecular complexity index is 1300. The van der Waals surface area contributed by atoms with Crippen molar-refractivity contribution in [3.8, 4) is 11.5 Å². The molecule has 0 saturated carbocycles. The van der Waals surface area contributed by atoms with Gasteiger partial charge in [0.1, 0.15) is 35.9 Å². The van der Waals surface area contributed by atoms with E-state index in [0.29, 0.717) is 52.8 Å². The maximum absolute atomic E-state index is 13.1. The van der Waals surface area contributed by atoms with Crippen molar-refractivity contribution in [2.45, 2.75) is 59.5 Å². The molecule has 0 spiro atoms. The Morgan fingerprint density at radius 2 is 0.773 bits per heavy atom. The molecule has 0 aliphatic carbocycles. The standard InChI is InChI=1S/C28H34N4O8S4/c1-13(2)37-9-11-39-17-19-21(43-27(41-19)15-23(33)29(5)30(6)24(15)34)18(40-12-10-38-14(3)4)22-20(17)42-28(44-22)16-25(35)31(7)32(8)26(16)36/h13-14H,9-12H2,1-8H3. The number of ether oxygens (including phenoxy) is 4. The molecule has 4 aliphatic rings. The first-order valence-corrected chi connectivity index (χ1v) is 17.1. The normalized spacial score (nSPS) is 18.4. The summed E-state index contributed by atoms with van der Waals surface area (Å²) in [5.74, 6) is -0.528. The summed E-state index contributed by atoms with van der Waals surface area (Å²) in [4.78, 5) is 55.1. The molecule has 0 radical (unpaired) electrons. The van der Waals surface area contributed by atoms with E-state index in [2.05, 4.69) is 0 Å². The van der Waals surface area contributed by atoms with E-state index in [-0.39, 0.29) is 36.6 Å². The second kappa shape index (κ2) is 13.1. The Morgan fingerprint density at radius 3 is 1.02 bits per heavy atom. The summed E-state index contributed by atoms with van der Waals surface area (Å²) in [7, 11) is 6.20. The number of hydrazine groups is 2. The van der Waals surface area contributed by atoms with E-state index in [1.54, 1.807) is 28.2 Å². The molecule has 0 aromatic heterocycles. The third-order valence-corrected chi connectivity index (χ3v) is 12.1. The highest BCUT2D eigenvalue weighted by Crippen LogP contribution is 2.68. The van der Waals surface area contributed by atoms with Crippen LogP contribution < -0.4 is 9.47 Å². The van der Waals surface area contributed by atoms with Gasteiger partial charge in [-0.2, -0.15) is 0 Å². The van der Waals surface area contributed by atoms with Gasteiger partial charge in [-0.15, -0.1) is 0 Å². The molecule has 0 atom stereocenters. The number of thioether (sulfide) groups is 4. The molecular weight excluding hydrogens is 649 g/mol. The first-order valence-electron chi connectivity index (χ1n) is 13.9.